The molecule has 1 aliphatic rings. The van der Waals surface area contributed by atoms with Crippen LogP contribution in [0.5, 0.6) is 0 Å². The zero-order valence-electron chi connectivity index (χ0n) is 11.1. The minimum Gasteiger partial charge on any atom is -0.317 e. The smallest absolute Gasteiger partial charge is 0.245 e. The maximum absolute atomic E-state index is 12.2. The molecule has 0 aromatic carbocycles. The van der Waals surface area contributed by atoms with Crippen LogP contribution in [0.2, 0.25) is 0 Å². The van der Waals surface area contributed by atoms with E-state index in [9.17, 15) is 4.79 Å². The molecule has 0 bridgehead atoms. The molecule has 0 radical (unpaired) electrons. The van der Waals surface area contributed by atoms with Gasteiger partial charge < -0.3 is 11.1 Å². The molecule has 18 heavy (non-hydrogen) atoms. The molecule has 98 valence electrons. The Morgan fingerprint density at radius 3 is 2.94 bits per heavy atom. The van der Waals surface area contributed by atoms with Crippen LogP contribution in [0, 0.1) is 12.8 Å². The number of nitrogens with one attached hydrogen (secondary N) is 1. The molecule has 1 aromatic rings. The van der Waals surface area contributed by atoms with Gasteiger partial charge in [0.2, 0.25) is 5.91 Å². The van der Waals surface area contributed by atoms with Gasteiger partial charge >= 0.3 is 0 Å². The second kappa shape index (κ2) is 5.06. The summed E-state index contributed by atoms with van der Waals surface area (Å²) in [4.78, 5) is 16.4. The number of nitrogens with two attached hydrogens (primary N) is 1. The van der Waals surface area contributed by atoms with Crippen molar-refractivity contribution >= 4 is 11.7 Å². The molecule has 0 aliphatic heterocycles. The Hall–Kier alpha value is -1.42. The summed E-state index contributed by atoms with van der Waals surface area (Å²) in [6, 6.07) is 3.73. The summed E-state index contributed by atoms with van der Waals surface area (Å²) in [7, 11) is 0. The lowest BCUT2D eigenvalue weighted by Gasteiger charge is -2.35. The van der Waals surface area contributed by atoms with Gasteiger partial charge in [0, 0.05) is 6.20 Å². The molecule has 1 heterocycles. The highest BCUT2D eigenvalue weighted by Gasteiger charge is 2.38. The van der Waals surface area contributed by atoms with Crippen molar-refractivity contribution in [2.75, 3.05) is 5.32 Å². The third-order valence-electron chi connectivity index (χ3n) is 3.64. The van der Waals surface area contributed by atoms with Gasteiger partial charge in [-0.2, -0.15) is 0 Å². The Morgan fingerprint density at radius 1 is 1.56 bits per heavy atom. The van der Waals surface area contributed by atoms with Gasteiger partial charge in [0.25, 0.3) is 0 Å². The van der Waals surface area contributed by atoms with Gasteiger partial charge in [-0.1, -0.05) is 25.8 Å². The average Bonchev–Trinajstić information content (AvgIpc) is 2.32. The molecule has 1 amide bonds. The second-order valence-corrected chi connectivity index (χ2v) is 5.53. The summed E-state index contributed by atoms with van der Waals surface area (Å²) in [5.41, 5.74) is 6.57. The number of aryl methyl sites for hydroxylation is 1. The summed E-state index contributed by atoms with van der Waals surface area (Å²) in [5.74, 6) is 0.986. The number of anilines is 1. The van der Waals surface area contributed by atoms with E-state index in [-0.39, 0.29) is 5.91 Å². The van der Waals surface area contributed by atoms with Crippen LogP contribution in [0.15, 0.2) is 18.3 Å². The molecule has 2 unspecified atom stereocenters. The van der Waals surface area contributed by atoms with Gasteiger partial charge in [-0.05, 0) is 37.3 Å². The first-order chi connectivity index (χ1) is 8.49. The van der Waals surface area contributed by atoms with Crippen molar-refractivity contribution in [1.82, 2.24) is 4.98 Å². The molecule has 1 fully saturated rings. The molecule has 0 saturated heterocycles. The van der Waals surface area contributed by atoms with Crippen molar-refractivity contribution in [2.24, 2.45) is 11.7 Å². The van der Waals surface area contributed by atoms with E-state index in [4.69, 9.17) is 5.73 Å². The number of carbonyl (C=O) groups excluding carboxylic acids is 1. The Morgan fingerprint density at radius 2 is 2.33 bits per heavy atom. The SMILES string of the molecule is Cc1ccc(NC(=O)C2(N)CCCC(C)C2)nc1. The predicted octanol–water partition coefficient (Wildman–Crippen LogP) is 2.24. The second-order valence-electron chi connectivity index (χ2n) is 5.53. The average molecular weight is 247 g/mol. The third kappa shape index (κ3) is 2.88. The maximum atomic E-state index is 12.2. The van der Waals surface area contributed by atoms with Crippen LogP contribution >= 0.6 is 0 Å². The van der Waals surface area contributed by atoms with Crippen LogP contribution in [0.3, 0.4) is 0 Å². The van der Waals surface area contributed by atoms with Crippen LogP contribution in [0.1, 0.15) is 38.2 Å². The van der Waals surface area contributed by atoms with Crippen LogP contribution in [-0.2, 0) is 4.79 Å². The molecule has 4 nitrogen and oxygen atoms in total. The molecule has 1 aromatic heterocycles. The quantitative estimate of drug-likeness (QED) is 0.842. The fourth-order valence-corrected chi connectivity index (χ4v) is 2.58. The number of pyridine rings is 1. The van der Waals surface area contributed by atoms with Gasteiger partial charge in [0.15, 0.2) is 0 Å². The Bertz CT molecular complexity index is 429. The highest BCUT2D eigenvalue weighted by molar-refractivity contribution is 5.97. The van der Waals surface area contributed by atoms with Crippen LogP contribution in [-0.4, -0.2) is 16.4 Å². The molecule has 1 aliphatic carbocycles. The summed E-state index contributed by atoms with van der Waals surface area (Å²) in [5, 5.41) is 2.82. The minimum absolute atomic E-state index is 0.106. The minimum atomic E-state index is -0.732. The highest BCUT2D eigenvalue weighted by Crippen LogP contribution is 2.31. The normalized spacial score (nSPS) is 27.8. The van der Waals surface area contributed by atoms with E-state index < -0.39 is 5.54 Å². The van der Waals surface area contributed by atoms with Gasteiger partial charge in [-0.25, -0.2) is 4.98 Å². The molecule has 0 spiro atoms. The Balaban J connectivity index is 2.04. The number of nitrogens with zero attached hydrogens (tertiary/aromatic N) is 1. The van der Waals surface area contributed by atoms with Crippen molar-refractivity contribution in [3.63, 3.8) is 0 Å². The first-order valence-electron chi connectivity index (χ1n) is 6.52. The number of aromatic nitrogens is 1. The van der Waals surface area contributed by atoms with Crippen molar-refractivity contribution in [3.8, 4) is 0 Å². The number of carbonyl (C=O) groups is 1. The van der Waals surface area contributed by atoms with E-state index in [1.165, 1.54) is 0 Å². The fraction of sp³-hybridized carbons (Fsp3) is 0.571. The molecular formula is C14H21N3O. The van der Waals surface area contributed by atoms with Gasteiger partial charge in [0.1, 0.15) is 5.82 Å². The van der Waals surface area contributed by atoms with Gasteiger partial charge in [-0.3, -0.25) is 4.79 Å². The number of amides is 1. The van der Waals surface area contributed by atoms with E-state index in [0.717, 1.165) is 31.2 Å². The van der Waals surface area contributed by atoms with Crippen molar-refractivity contribution in [3.05, 3.63) is 23.9 Å². The van der Waals surface area contributed by atoms with E-state index in [1.54, 1.807) is 6.20 Å². The molecule has 1 saturated carbocycles. The highest BCUT2D eigenvalue weighted by atomic mass is 16.2. The number of rotatable bonds is 2. The Labute approximate surface area is 108 Å². The van der Waals surface area contributed by atoms with E-state index in [2.05, 4.69) is 17.2 Å². The van der Waals surface area contributed by atoms with Crippen LogP contribution < -0.4 is 11.1 Å². The molecule has 3 N–H and O–H groups in total. The summed E-state index contributed by atoms with van der Waals surface area (Å²) in [6.45, 7) is 4.12. The topological polar surface area (TPSA) is 68.0 Å². The Kier molecular flexibility index (Phi) is 3.66. The first kappa shape index (κ1) is 13.0. The number of hydrogen-bond acceptors (Lipinski definition) is 3. The molecule has 2 atom stereocenters. The van der Waals surface area contributed by atoms with Gasteiger partial charge in [-0.15, -0.1) is 0 Å². The molecule has 2 rings (SSSR count). The lowest BCUT2D eigenvalue weighted by atomic mass is 9.76. The summed E-state index contributed by atoms with van der Waals surface area (Å²) >= 11 is 0. The summed E-state index contributed by atoms with van der Waals surface area (Å²) < 4.78 is 0. The summed E-state index contributed by atoms with van der Waals surface area (Å²) in [6.07, 6.45) is 5.43. The van der Waals surface area contributed by atoms with Crippen molar-refractivity contribution in [1.29, 1.82) is 0 Å². The predicted molar refractivity (Wildman–Crippen MR) is 72.2 cm³/mol. The zero-order valence-corrected chi connectivity index (χ0v) is 11.1. The largest absolute Gasteiger partial charge is 0.317 e. The van der Waals surface area contributed by atoms with Crippen LogP contribution in [0.25, 0.3) is 0 Å². The standard InChI is InChI=1S/C14H21N3O/c1-10-4-3-7-14(15,8-10)13(18)17-12-6-5-11(2)9-16-12/h5-6,9-10H,3-4,7-8,15H2,1-2H3,(H,16,17,18). The van der Waals surface area contributed by atoms with E-state index in [1.807, 2.05) is 19.1 Å². The fourth-order valence-electron chi connectivity index (χ4n) is 2.58. The monoisotopic (exact) mass is 247 g/mol. The van der Waals surface area contributed by atoms with Crippen LogP contribution in [0.4, 0.5) is 5.82 Å². The lowest BCUT2D eigenvalue weighted by Crippen LogP contribution is -2.53. The van der Waals surface area contributed by atoms with Crippen molar-refractivity contribution < 1.29 is 4.79 Å². The van der Waals surface area contributed by atoms with Crippen molar-refractivity contribution in [2.45, 2.75) is 45.1 Å². The lowest BCUT2D eigenvalue weighted by molar-refractivity contribution is -0.122. The zero-order chi connectivity index (χ0) is 13.2. The maximum Gasteiger partial charge on any atom is 0.245 e. The number of hydrogen-bond donors (Lipinski definition) is 2. The molecular weight excluding hydrogens is 226 g/mol. The van der Waals surface area contributed by atoms with E-state index >= 15 is 0 Å². The van der Waals surface area contributed by atoms with E-state index in [0.29, 0.717) is 11.7 Å². The molecule has 4 heteroatoms. The first-order valence-corrected chi connectivity index (χ1v) is 6.52. The van der Waals surface area contributed by atoms with Gasteiger partial charge in [0.05, 0.1) is 5.54 Å². The third-order valence-corrected chi connectivity index (χ3v) is 3.64.